The van der Waals surface area contributed by atoms with Gasteiger partial charge in [-0.05, 0) is 81.6 Å². The Morgan fingerprint density at radius 1 is 0.397 bits per heavy atom. The molecular formula is C60H110N4O14. The normalized spacial score (nSPS) is 12.9. The summed E-state index contributed by atoms with van der Waals surface area (Å²) in [4.78, 5) is 104. The molecule has 0 saturated heterocycles. The Labute approximate surface area is 470 Å². The molecule has 0 spiro atoms. The van der Waals surface area contributed by atoms with Gasteiger partial charge in [0.15, 0.2) is 6.10 Å². The van der Waals surface area contributed by atoms with Gasteiger partial charge in [-0.1, -0.05) is 168 Å². The van der Waals surface area contributed by atoms with Crippen LogP contribution in [0, 0.1) is 0 Å². The second kappa shape index (κ2) is 44.3. The zero-order valence-electron chi connectivity index (χ0n) is 50.7. The molecule has 4 amide bonds. The van der Waals surface area contributed by atoms with Gasteiger partial charge in [0, 0.05) is 19.3 Å². The van der Waals surface area contributed by atoms with E-state index in [0.29, 0.717) is 12.8 Å². The number of hydrogen-bond donors (Lipinski definition) is 4. The van der Waals surface area contributed by atoms with E-state index in [2.05, 4.69) is 35.1 Å². The number of unbranched alkanes of at least 4 members (excludes halogenated alkanes) is 24. The predicted molar refractivity (Wildman–Crippen MR) is 304 cm³/mol. The first-order valence-electron chi connectivity index (χ1n) is 30.0. The minimum absolute atomic E-state index is 0.124. The van der Waals surface area contributed by atoms with Crippen molar-refractivity contribution in [2.75, 3.05) is 32.9 Å². The number of ether oxygens (including phenoxy) is 6. The molecule has 0 aromatic rings. The number of nitrogens with one attached hydrogen (secondary N) is 4. The van der Waals surface area contributed by atoms with Crippen molar-refractivity contribution in [1.29, 1.82) is 0 Å². The Morgan fingerprint density at radius 3 is 1.27 bits per heavy atom. The van der Waals surface area contributed by atoms with Crippen LogP contribution in [0.3, 0.4) is 0 Å². The highest BCUT2D eigenvalue weighted by molar-refractivity contribution is 5.92. The van der Waals surface area contributed by atoms with E-state index >= 15 is 0 Å². The van der Waals surface area contributed by atoms with E-state index < -0.39 is 102 Å². The third kappa shape index (κ3) is 47.5. The number of carbonyl (C=O) groups is 8. The first-order chi connectivity index (χ1) is 36.8. The van der Waals surface area contributed by atoms with Crippen molar-refractivity contribution in [2.24, 2.45) is 0 Å². The molecule has 0 rings (SSSR count). The molecule has 0 aromatic carbocycles. The summed E-state index contributed by atoms with van der Waals surface area (Å²) in [7, 11) is 0. The molecule has 0 saturated carbocycles. The summed E-state index contributed by atoms with van der Waals surface area (Å²) in [6.07, 6.45) is 28.6. The molecule has 0 aliphatic rings. The molecule has 1 unspecified atom stereocenters. The lowest BCUT2D eigenvalue weighted by molar-refractivity contribution is -0.163. The van der Waals surface area contributed by atoms with Crippen LogP contribution in [0.2, 0.25) is 0 Å². The number of carbonyl (C=O) groups excluding carboxylic acids is 8. The van der Waals surface area contributed by atoms with Crippen molar-refractivity contribution >= 4 is 47.7 Å². The van der Waals surface area contributed by atoms with Crippen LogP contribution in [0.15, 0.2) is 0 Å². The molecule has 0 aromatic heterocycles. The Morgan fingerprint density at radius 2 is 0.821 bits per heavy atom. The van der Waals surface area contributed by atoms with Crippen molar-refractivity contribution in [3.05, 3.63) is 0 Å². The van der Waals surface area contributed by atoms with E-state index in [1.165, 1.54) is 116 Å². The van der Waals surface area contributed by atoms with Crippen molar-refractivity contribution in [3.8, 4) is 0 Å². The standard InChI is InChI=1S/C60H110N4O14/c1-12-14-16-18-20-22-24-26-28-30-32-34-36-38-52(67)74-45-47(75-53(68)39-37-35-33-31-29-27-25-23-21-19-17-15-13-2)44-73-46-49(64-57(72)78-60(9,10)11)55(70)62-42-50(65)61-43-51(66)63-48(56(71)77-59(6,7)8)40-41-54(69)76-58(3,4)5/h47-49H,12-46H2,1-11H3,(H,61,65)(H,62,70)(H,63,66)(H,64,72)/t47?,48-,49-/m0/s1. The third-order valence-electron chi connectivity index (χ3n) is 12.2. The van der Waals surface area contributed by atoms with Gasteiger partial charge in [0.2, 0.25) is 17.7 Å². The number of rotatable bonds is 46. The van der Waals surface area contributed by atoms with Gasteiger partial charge >= 0.3 is 30.0 Å². The van der Waals surface area contributed by atoms with Crippen molar-refractivity contribution in [2.45, 2.75) is 304 Å². The molecule has 0 bridgehead atoms. The third-order valence-corrected chi connectivity index (χ3v) is 12.2. The first kappa shape index (κ1) is 73.5. The van der Waals surface area contributed by atoms with Crippen LogP contribution in [0.1, 0.15) is 269 Å². The number of alkyl carbamates (subject to hydrolysis) is 1. The van der Waals surface area contributed by atoms with Gasteiger partial charge in [0.05, 0.1) is 26.3 Å². The highest BCUT2D eigenvalue weighted by atomic mass is 16.6. The second-order valence-electron chi connectivity index (χ2n) is 23.8. The molecule has 78 heavy (non-hydrogen) atoms. The fraction of sp³-hybridized carbons (Fsp3) is 0.867. The van der Waals surface area contributed by atoms with Gasteiger partial charge in [-0.3, -0.25) is 28.8 Å². The summed E-state index contributed by atoms with van der Waals surface area (Å²) in [6, 6.07) is -2.63. The fourth-order valence-corrected chi connectivity index (χ4v) is 8.20. The molecule has 0 aliphatic heterocycles. The lowest BCUT2D eigenvalue weighted by Crippen LogP contribution is -2.53. The van der Waals surface area contributed by atoms with Gasteiger partial charge in [-0.25, -0.2) is 9.59 Å². The molecule has 3 atom stereocenters. The summed E-state index contributed by atoms with van der Waals surface area (Å²) < 4.78 is 33.3. The smallest absolute Gasteiger partial charge is 0.408 e. The van der Waals surface area contributed by atoms with E-state index in [-0.39, 0.29) is 38.9 Å². The van der Waals surface area contributed by atoms with E-state index in [1.54, 1.807) is 62.3 Å². The first-order valence-corrected chi connectivity index (χ1v) is 30.0. The van der Waals surface area contributed by atoms with Gasteiger partial charge in [-0.2, -0.15) is 0 Å². The van der Waals surface area contributed by atoms with E-state index in [1.807, 2.05) is 0 Å². The maximum atomic E-state index is 13.5. The summed E-state index contributed by atoms with van der Waals surface area (Å²) in [5.41, 5.74) is -2.57. The van der Waals surface area contributed by atoms with Crippen molar-refractivity contribution in [1.82, 2.24) is 21.3 Å². The van der Waals surface area contributed by atoms with Crippen LogP contribution >= 0.6 is 0 Å². The lowest BCUT2D eigenvalue weighted by atomic mass is 10.0. The van der Waals surface area contributed by atoms with E-state index in [4.69, 9.17) is 28.4 Å². The highest BCUT2D eigenvalue weighted by Gasteiger charge is 2.30. The van der Waals surface area contributed by atoms with Crippen molar-refractivity contribution < 1.29 is 66.8 Å². The van der Waals surface area contributed by atoms with Crippen LogP contribution in [-0.2, 0) is 62.0 Å². The Balaban J connectivity index is 5.54. The fourth-order valence-electron chi connectivity index (χ4n) is 8.20. The molecule has 18 heteroatoms. The van der Waals surface area contributed by atoms with Crippen molar-refractivity contribution in [3.63, 3.8) is 0 Å². The maximum absolute atomic E-state index is 13.5. The Hall–Kier alpha value is -4.48. The summed E-state index contributed by atoms with van der Waals surface area (Å²) >= 11 is 0. The topological polar surface area (TPSA) is 240 Å². The molecule has 0 fully saturated rings. The van der Waals surface area contributed by atoms with Gasteiger partial charge in [0.1, 0.15) is 35.5 Å². The van der Waals surface area contributed by atoms with Crippen LogP contribution < -0.4 is 21.3 Å². The minimum Gasteiger partial charge on any atom is -0.462 e. The monoisotopic (exact) mass is 1110 g/mol. The van der Waals surface area contributed by atoms with Crippen LogP contribution in [0.25, 0.3) is 0 Å². The average Bonchev–Trinajstić information content (AvgIpc) is 3.33. The van der Waals surface area contributed by atoms with Crippen LogP contribution in [-0.4, -0.2) is 116 Å². The summed E-state index contributed by atoms with van der Waals surface area (Å²) in [6.45, 7) is 17.3. The summed E-state index contributed by atoms with van der Waals surface area (Å²) in [5, 5.41) is 9.73. The maximum Gasteiger partial charge on any atom is 0.408 e. The molecule has 0 heterocycles. The van der Waals surface area contributed by atoms with E-state index in [9.17, 15) is 38.4 Å². The second-order valence-corrected chi connectivity index (χ2v) is 23.8. The molecular weight excluding hydrogens is 1000 g/mol. The molecule has 18 nitrogen and oxygen atoms in total. The lowest BCUT2D eigenvalue weighted by Gasteiger charge is -2.25. The minimum atomic E-state index is -1.41. The predicted octanol–water partition coefficient (Wildman–Crippen LogP) is 11.5. The quantitative estimate of drug-likeness (QED) is 0.0252. The number of amides is 4. The van der Waals surface area contributed by atoms with E-state index in [0.717, 1.165) is 38.5 Å². The number of esters is 4. The molecule has 0 aliphatic carbocycles. The molecule has 454 valence electrons. The van der Waals surface area contributed by atoms with Gasteiger partial charge < -0.3 is 49.7 Å². The van der Waals surface area contributed by atoms with Gasteiger partial charge in [-0.15, -0.1) is 0 Å². The van der Waals surface area contributed by atoms with Gasteiger partial charge in [0.25, 0.3) is 0 Å². The average molecular weight is 1110 g/mol. The summed E-state index contributed by atoms with van der Waals surface area (Å²) in [5.74, 6) is -4.63. The zero-order valence-corrected chi connectivity index (χ0v) is 50.7. The SMILES string of the molecule is CCCCCCCCCCCCCCCC(=O)OCC(COC[C@H](NC(=O)OC(C)(C)C)C(=O)NCC(=O)NCC(=O)N[C@@H](CCC(=O)OC(C)(C)C)C(=O)OC(C)(C)C)OC(=O)CCCCCCCCCCCCCCC. The number of hydrogen-bond acceptors (Lipinski definition) is 14. The zero-order chi connectivity index (χ0) is 58.7. The van der Waals surface area contributed by atoms with Crippen LogP contribution in [0.5, 0.6) is 0 Å². The Bertz CT molecular complexity index is 1670. The Kier molecular flexibility index (Phi) is 41.7. The largest absolute Gasteiger partial charge is 0.462 e. The highest BCUT2D eigenvalue weighted by Crippen LogP contribution is 2.17. The van der Waals surface area contributed by atoms with Crippen LogP contribution in [0.4, 0.5) is 4.79 Å². The molecule has 4 N–H and O–H groups in total. The molecule has 0 radical (unpaired) electrons.